The van der Waals surface area contributed by atoms with Crippen LogP contribution < -0.4 is 5.32 Å². The fraction of sp³-hybridized carbons (Fsp3) is 0. The Balaban J connectivity index is 2.20. The van der Waals surface area contributed by atoms with Crippen LogP contribution in [0, 0.1) is 5.82 Å². The van der Waals surface area contributed by atoms with Gasteiger partial charge in [0.25, 0.3) is 5.91 Å². The Morgan fingerprint density at radius 3 is 2.53 bits per heavy atom. The van der Waals surface area contributed by atoms with Crippen LogP contribution >= 0.6 is 15.9 Å². The van der Waals surface area contributed by atoms with Gasteiger partial charge in [-0.2, -0.15) is 0 Å². The Bertz CT molecular complexity index is 653. The van der Waals surface area contributed by atoms with E-state index in [9.17, 15) is 14.0 Å². The van der Waals surface area contributed by atoms with E-state index in [1.165, 1.54) is 24.3 Å². The van der Waals surface area contributed by atoms with Gasteiger partial charge in [0.2, 0.25) is 0 Å². The van der Waals surface area contributed by atoms with Crippen molar-refractivity contribution in [3.63, 3.8) is 0 Å². The average Bonchev–Trinajstić information content (AvgIpc) is 2.78. The third-order valence-electron chi connectivity index (χ3n) is 2.26. The number of hydrogen-bond donors (Lipinski definition) is 2. The van der Waals surface area contributed by atoms with Crippen molar-refractivity contribution in [3.8, 4) is 0 Å². The summed E-state index contributed by atoms with van der Waals surface area (Å²) < 4.78 is 19.0. The average molecular weight is 328 g/mol. The molecule has 2 aromatic rings. The molecule has 1 aromatic carbocycles. The number of aromatic carboxylic acids is 1. The van der Waals surface area contributed by atoms with Crippen molar-refractivity contribution >= 4 is 33.5 Å². The van der Waals surface area contributed by atoms with Crippen molar-refractivity contribution in [2.24, 2.45) is 0 Å². The lowest BCUT2D eigenvalue weighted by molar-refractivity contribution is 0.0696. The number of hydrogen-bond acceptors (Lipinski definition) is 3. The number of amides is 1. The lowest BCUT2D eigenvalue weighted by Gasteiger charge is -2.05. The molecule has 0 saturated carbocycles. The number of anilines is 1. The third kappa shape index (κ3) is 3.00. The number of carbonyl (C=O) groups excluding carboxylic acids is 1. The molecule has 1 amide bonds. The van der Waals surface area contributed by atoms with Gasteiger partial charge >= 0.3 is 5.97 Å². The molecule has 2 N–H and O–H groups in total. The molecule has 5 nitrogen and oxygen atoms in total. The Morgan fingerprint density at radius 1 is 1.26 bits per heavy atom. The minimum Gasteiger partial charge on any atom is -0.478 e. The fourth-order valence-corrected chi connectivity index (χ4v) is 1.68. The summed E-state index contributed by atoms with van der Waals surface area (Å²) in [5.41, 5.74) is -0.321. The van der Waals surface area contributed by atoms with Crippen LogP contribution in [0.4, 0.5) is 10.1 Å². The third-order valence-corrected chi connectivity index (χ3v) is 2.69. The first-order valence-electron chi connectivity index (χ1n) is 5.07. The van der Waals surface area contributed by atoms with Crippen molar-refractivity contribution in [2.45, 2.75) is 0 Å². The highest BCUT2D eigenvalue weighted by atomic mass is 79.9. The highest BCUT2D eigenvalue weighted by molar-refractivity contribution is 9.10. The van der Waals surface area contributed by atoms with Crippen molar-refractivity contribution in [1.82, 2.24) is 0 Å². The van der Waals surface area contributed by atoms with Crippen molar-refractivity contribution in [1.29, 1.82) is 0 Å². The van der Waals surface area contributed by atoms with Gasteiger partial charge in [0.1, 0.15) is 5.82 Å². The van der Waals surface area contributed by atoms with E-state index in [0.29, 0.717) is 4.67 Å². The summed E-state index contributed by atoms with van der Waals surface area (Å²) in [4.78, 5) is 22.3. The number of benzene rings is 1. The number of furan rings is 1. The summed E-state index contributed by atoms with van der Waals surface area (Å²) in [6.45, 7) is 0. The number of carbonyl (C=O) groups is 2. The van der Waals surface area contributed by atoms with E-state index in [4.69, 9.17) is 9.52 Å². The molecule has 0 atom stereocenters. The Kier molecular flexibility index (Phi) is 3.66. The second-order valence-corrected chi connectivity index (χ2v) is 4.34. The monoisotopic (exact) mass is 327 g/mol. The smallest absolute Gasteiger partial charge is 0.335 e. The van der Waals surface area contributed by atoms with Crippen LogP contribution in [0.2, 0.25) is 0 Å². The molecule has 19 heavy (non-hydrogen) atoms. The molecule has 7 heteroatoms. The van der Waals surface area contributed by atoms with Crippen LogP contribution in [0.25, 0.3) is 0 Å². The molecular formula is C12H7BrFNO4. The minimum absolute atomic E-state index is 0.00795. The van der Waals surface area contributed by atoms with Crippen molar-refractivity contribution in [2.75, 3.05) is 5.32 Å². The van der Waals surface area contributed by atoms with Crippen LogP contribution in [0.3, 0.4) is 0 Å². The number of carboxylic acid groups (broad SMARTS) is 1. The van der Waals surface area contributed by atoms with Crippen LogP contribution in [-0.4, -0.2) is 17.0 Å². The van der Waals surface area contributed by atoms with E-state index in [2.05, 4.69) is 21.2 Å². The lowest BCUT2D eigenvalue weighted by Crippen LogP contribution is -2.12. The topological polar surface area (TPSA) is 79.5 Å². The predicted molar refractivity (Wildman–Crippen MR) is 67.7 cm³/mol. The fourth-order valence-electron chi connectivity index (χ4n) is 1.37. The second-order valence-electron chi connectivity index (χ2n) is 3.56. The zero-order valence-electron chi connectivity index (χ0n) is 9.31. The normalized spacial score (nSPS) is 10.2. The molecule has 0 aliphatic carbocycles. The number of carboxylic acids is 1. The van der Waals surface area contributed by atoms with Crippen LogP contribution in [0.5, 0.6) is 0 Å². The van der Waals surface area contributed by atoms with Gasteiger partial charge in [-0.15, -0.1) is 0 Å². The van der Waals surface area contributed by atoms with Gasteiger partial charge < -0.3 is 14.8 Å². The molecule has 0 fully saturated rings. The number of nitrogens with one attached hydrogen (secondary N) is 1. The molecule has 2 rings (SSSR count). The molecule has 1 aromatic heterocycles. The summed E-state index contributed by atoms with van der Waals surface area (Å²) in [5.74, 6) is -2.70. The Labute approximate surface area is 115 Å². The first kappa shape index (κ1) is 13.3. The molecule has 98 valence electrons. The molecule has 0 aliphatic heterocycles. The van der Waals surface area contributed by atoms with E-state index in [0.717, 1.165) is 6.07 Å². The van der Waals surface area contributed by atoms with Crippen LogP contribution in [0.1, 0.15) is 20.9 Å². The molecule has 0 aliphatic rings. The summed E-state index contributed by atoms with van der Waals surface area (Å²) in [6.07, 6.45) is 0. The standard InChI is InChI=1S/C12H7BrFNO4/c13-10-4-3-9(19-10)11(16)15-8-2-1-6(12(17)18)5-7(8)14/h1-5H,(H,15,16)(H,17,18). The second kappa shape index (κ2) is 5.23. The zero-order valence-corrected chi connectivity index (χ0v) is 10.9. The molecule has 1 heterocycles. The highest BCUT2D eigenvalue weighted by Crippen LogP contribution is 2.19. The van der Waals surface area contributed by atoms with E-state index in [1.54, 1.807) is 0 Å². The maximum absolute atomic E-state index is 13.6. The largest absolute Gasteiger partial charge is 0.478 e. The van der Waals surface area contributed by atoms with Crippen LogP contribution in [-0.2, 0) is 0 Å². The summed E-state index contributed by atoms with van der Waals surface area (Å²) in [5, 5.41) is 11.0. The summed E-state index contributed by atoms with van der Waals surface area (Å²) >= 11 is 3.04. The quantitative estimate of drug-likeness (QED) is 0.907. The molecule has 0 spiro atoms. The van der Waals surface area contributed by atoms with Gasteiger partial charge in [-0.25, -0.2) is 9.18 Å². The summed E-state index contributed by atoms with van der Waals surface area (Å²) in [7, 11) is 0. The Hall–Kier alpha value is -2.15. The Morgan fingerprint density at radius 2 is 2.00 bits per heavy atom. The van der Waals surface area contributed by atoms with Crippen molar-refractivity contribution in [3.05, 3.63) is 52.1 Å². The molecule has 0 saturated heterocycles. The zero-order chi connectivity index (χ0) is 14.0. The predicted octanol–water partition coefficient (Wildman–Crippen LogP) is 3.13. The molecular weight excluding hydrogens is 321 g/mol. The maximum atomic E-state index is 13.6. The van der Waals surface area contributed by atoms with Gasteiger partial charge in [-0.1, -0.05) is 0 Å². The lowest BCUT2D eigenvalue weighted by atomic mass is 10.2. The first-order chi connectivity index (χ1) is 8.97. The van der Waals surface area contributed by atoms with Gasteiger partial charge in [0.15, 0.2) is 10.4 Å². The van der Waals surface area contributed by atoms with E-state index in [1.807, 2.05) is 0 Å². The van der Waals surface area contributed by atoms with Gasteiger partial charge in [0.05, 0.1) is 11.3 Å². The number of halogens is 2. The SMILES string of the molecule is O=C(O)c1ccc(NC(=O)c2ccc(Br)o2)c(F)c1. The van der Waals surface area contributed by atoms with Crippen LogP contribution in [0.15, 0.2) is 39.4 Å². The minimum atomic E-state index is -1.24. The van der Waals surface area contributed by atoms with E-state index < -0.39 is 17.7 Å². The van der Waals surface area contributed by atoms with Gasteiger partial charge in [0, 0.05) is 0 Å². The van der Waals surface area contributed by atoms with Gasteiger partial charge in [-0.3, -0.25) is 4.79 Å². The van der Waals surface area contributed by atoms with E-state index in [-0.39, 0.29) is 17.0 Å². The first-order valence-corrected chi connectivity index (χ1v) is 5.86. The maximum Gasteiger partial charge on any atom is 0.335 e. The van der Waals surface area contributed by atoms with Gasteiger partial charge in [-0.05, 0) is 46.3 Å². The number of rotatable bonds is 3. The molecule has 0 unspecified atom stereocenters. The van der Waals surface area contributed by atoms with E-state index >= 15 is 0 Å². The molecule has 0 radical (unpaired) electrons. The van der Waals surface area contributed by atoms with Crippen molar-refractivity contribution < 1.29 is 23.5 Å². The highest BCUT2D eigenvalue weighted by Gasteiger charge is 2.14. The molecule has 0 bridgehead atoms. The summed E-state index contributed by atoms with van der Waals surface area (Å²) in [6, 6.07) is 6.14.